The lowest BCUT2D eigenvalue weighted by atomic mass is 9.33. The average Bonchev–Trinajstić information content (AvgIpc) is 3.56. The van der Waals surface area contributed by atoms with E-state index in [4.69, 9.17) is 4.11 Å². The summed E-state index contributed by atoms with van der Waals surface area (Å²) in [6, 6.07) is 52.9. The van der Waals surface area contributed by atoms with Crippen LogP contribution >= 0.6 is 0 Å². The summed E-state index contributed by atoms with van der Waals surface area (Å²) in [6.45, 7) is 16.6. The first-order chi connectivity index (χ1) is 29.8. The summed E-state index contributed by atoms with van der Waals surface area (Å²) in [5.41, 5.74) is 20.1. The molecule has 60 heavy (non-hydrogen) atoms. The highest BCUT2D eigenvalue weighted by Gasteiger charge is 2.49. The Hall–Kier alpha value is -5.80. The maximum atomic E-state index is 9.04. The van der Waals surface area contributed by atoms with Crippen LogP contribution in [0, 0.1) is 6.85 Å². The van der Waals surface area contributed by atoms with E-state index >= 15 is 0 Å². The summed E-state index contributed by atoms with van der Waals surface area (Å²) < 4.78 is 27.1. The van der Waals surface area contributed by atoms with Gasteiger partial charge in [0.25, 0.3) is 6.71 Å². The second-order valence-corrected chi connectivity index (χ2v) is 20.7. The Morgan fingerprint density at radius 1 is 0.417 bits per heavy atom. The zero-order chi connectivity index (χ0) is 44.0. The van der Waals surface area contributed by atoms with Crippen molar-refractivity contribution in [1.82, 2.24) is 0 Å². The fourth-order valence-electron chi connectivity index (χ4n) is 12.4. The van der Waals surface area contributed by atoms with Crippen molar-refractivity contribution in [1.29, 1.82) is 0 Å². The maximum Gasteiger partial charge on any atom is 0.252 e. The molecule has 0 bridgehead atoms. The monoisotopic (exact) mass is 781 g/mol. The maximum absolute atomic E-state index is 9.04. The summed E-state index contributed by atoms with van der Waals surface area (Å²) >= 11 is 0. The van der Waals surface area contributed by atoms with Gasteiger partial charge in [0.2, 0.25) is 0 Å². The number of hydrogen-bond acceptors (Lipinski definition) is 2. The van der Waals surface area contributed by atoms with Gasteiger partial charge in [0.15, 0.2) is 0 Å². The lowest BCUT2D eigenvalue weighted by Crippen LogP contribution is -2.61. The minimum absolute atomic E-state index is 0.0180. The van der Waals surface area contributed by atoms with E-state index in [9.17, 15) is 0 Å². The van der Waals surface area contributed by atoms with Crippen molar-refractivity contribution in [3.05, 3.63) is 173 Å². The summed E-state index contributed by atoms with van der Waals surface area (Å²) in [7, 11) is 0. The van der Waals surface area contributed by atoms with Crippen LogP contribution in [0.5, 0.6) is 0 Å². The predicted octanol–water partition coefficient (Wildman–Crippen LogP) is 13.3. The van der Waals surface area contributed by atoms with E-state index in [2.05, 4.69) is 199 Å². The van der Waals surface area contributed by atoms with Crippen LogP contribution in [0.15, 0.2) is 146 Å². The molecule has 2 aliphatic carbocycles. The molecule has 0 aromatic heterocycles. The molecule has 4 aliphatic rings. The van der Waals surface area contributed by atoms with Crippen molar-refractivity contribution in [3.8, 4) is 22.3 Å². The Morgan fingerprint density at radius 3 is 1.55 bits per heavy atom. The van der Waals surface area contributed by atoms with E-state index in [1.54, 1.807) is 0 Å². The van der Waals surface area contributed by atoms with Gasteiger partial charge >= 0.3 is 0 Å². The van der Waals surface area contributed by atoms with E-state index in [1.807, 2.05) is 12.1 Å². The fraction of sp³-hybridized carbons (Fsp3) is 0.263. The minimum atomic E-state index is -2.36. The Kier molecular flexibility index (Phi) is 7.14. The molecule has 0 atom stereocenters. The van der Waals surface area contributed by atoms with E-state index in [0.717, 1.165) is 74.7 Å². The molecule has 11 rings (SSSR count). The normalized spacial score (nSPS) is 19.0. The fourth-order valence-corrected chi connectivity index (χ4v) is 12.4. The Balaban J connectivity index is 1.26. The Morgan fingerprint density at radius 2 is 0.933 bits per heavy atom. The predicted molar refractivity (Wildman–Crippen MR) is 257 cm³/mol. The van der Waals surface area contributed by atoms with Crippen molar-refractivity contribution in [2.75, 3.05) is 9.80 Å². The van der Waals surface area contributed by atoms with Gasteiger partial charge in [-0.3, -0.25) is 0 Å². The van der Waals surface area contributed by atoms with Crippen molar-refractivity contribution in [3.63, 3.8) is 0 Å². The highest BCUT2D eigenvalue weighted by Crippen LogP contribution is 2.55. The molecule has 0 radical (unpaired) electrons. The Labute approximate surface area is 362 Å². The molecular formula is C57H55BN2. The quantitative estimate of drug-likeness (QED) is 0.164. The van der Waals surface area contributed by atoms with Gasteiger partial charge in [-0.15, -0.1) is 0 Å². The molecule has 0 unspecified atom stereocenters. The highest BCUT2D eigenvalue weighted by atomic mass is 15.2. The van der Waals surface area contributed by atoms with Crippen LogP contribution in [-0.4, -0.2) is 6.71 Å². The van der Waals surface area contributed by atoms with Gasteiger partial charge in [0.05, 0.1) is 0 Å². The van der Waals surface area contributed by atoms with Gasteiger partial charge in [0, 0.05) is 38.2 Å². The third-order valence-corrected chi connectivity index (χ3v) is 14.5. The third kappa shape index (κ3) is 5.47. The van der Waals surface area contributed by atoms with Gasteiger partial charge in [-0.05, 0) is 156 Å². The number of rotatable bonds is 4. The molecule has 2 heterocycles. The van der Waals surface area contributed by atoms with Gasteiger partial charge in [-0.25, -0.2) is 0 Å². The molecule has 2 aliphatic heterocycles. The van der Waals surface area contributed by atoms with E-state index in [1.165, 1.54) is 33.2 Å². The molecule has 0 saturated carbocycles. The van der Waals surface area contributed by atoms with Gasteiger partial charge in [-0.2, -0.15) is 0 Å². The molecule has 0 amide bonds. The zero-order valence-electron chi connectivity index (χ0n) is 39.2. The van der Waals surface area contributed by atoms with Crippen molar-refractivity contribution in [2.24, 2.45) is 0 Å². The lowest BCUT2D eigenvalue weighted by molar-refractivity contribution is 0.403. The van der Waals surface area contributed by atoms with Crippen LogP contribution in [0.2, 0.25) is 0 Å². The topological polar surface area (TPSA) is 6.48 Å². The average molecular weight is 782 g/mol. The van der Waals surface area contributed by atoms with Gasteiger partial charge in [0.1, 0.15) is 0 Å². The van der Waals surface area contributed by atoms with Crippen LogP contribution < -0.4 is 26.2 Å². The minimum Gasteiger partial charge on any atom is -0.311 e. The number of fused-ring (bicyclic) bond motifs is 6. The summed E-state index contributed by atoms with van der Waals surface area (Å²) in [5, 5.41) is 0. The molecule has 7 aromatic carbocycles. The third-order valence-electron chi connectivity index (χ3n) is 14.5. The first kappa shape index (κ1) is 34.0. The second-order valence-electron chi connectivity index (χ2n) is 20.7. The first-order valence-electron chi connectivity index (χ1n) is 23.3. The summed E-state index contributed by atoms with van der Waals surface area (Å²) in [6.07, 6.45) is 2.12. The molecule has 3 heteroatoms. The molecule has 7 aromatic rings. The largest absolute Gasteiger partial charge is 0.311 e. The van der Waals surface area contributed by atoms with Gasteiger partial charge < -0.3 is 9.80 Å². The molecule has 2 nitrogen and oxygen atoms in total. The van der Waals surface area contributed by atoms with Crippen molar-refractivity contribution in [2.45, 2.75) is 96.7 Å². The van der Waals surface area contributed by atoms with Gasteiger partial charge in [-0.1, -0.05) is 152 Å². The highest BCUT2D eigenvalue weighted by molar-refractivity contribution is 7.00. The van der Waals surface area contributed by atoms with Crippen LogP contribution in [0.25, 0.3) is 22.3 Å². The van der Waals surface area contributed by atoms with Crippen LogP contribution in [0.1, 0.15) is 100 Å². The van der Waals surface area contributed by atoms with Crippen LogP contribution in [0.4, 0.5) is 34.1 Å². The number of anilines is 6. The number of benzene rings is 7. The zero-order valence-corrected chi connectivity index (χ0v) is 36.2. The lowest BCUT2D eigenvalue weighted by Gasteiger charge is -2.45. The molecular weight excluding hydrogens is 723 g/mol. The van der Waals surface area contributed by atoms with Crippen molar-refractivity contribution >= 4 is 57.2 Å². The molecule has 296 valence electrons. The SMILES string of the molecule is [2H]C([2H])([2H])c1cc2c3c(c1)N(c1ccc4c(c1)C(C)(C)CC4(C)C)c1cc4c(cc1B3c1ccc(-c3ccccc3)cc1N2c1cccc(-c2ccccc2)c1)C(C)(C)CC4(C)C. The molecule has 0 N–H and O–H groups in total. The standard InChI is InChI=1S/C57H55BN2/c1-36-27-51-53-52(28-36)60(42-24-25-43-44(31-42)55(4,5)34-54(43,2)3)50-33-46-45(56(6,7)35-57(46,8)9)32-48(50)58(53)47-26-23-40(38-19-14-11-15-20-38)30-49(47)59(51)41-22-16-21-39(29-41)37-17-12-10-13-18-37/h10-33H,34-35H2,1-9H3/i1D3. The second kappa shape index (κ2) is 12.6. The number of nitrogens with zero attached hydrogens (tertiary/aromatic N) is 2. The van der Waals surface area contributed by atoms with Crippen LogP contribution in [0.3, 0.4) is 0 Å². The summed E-state index contributed by atoms with van der Waals surface area (Å²) in [5.74, 6) is 0. The van der Waals surface area contributed by atoms with Crippen molar-refractivity contribution < 1.29 is 4.11 Å². The number of aryl methyl sites for hydroxylation is 1. The number of hydrogen-bond donors (Lipinski definition) is 0. The van der Waals surface area contributed by atoms with E-state index in [0.29, 0.717) is 5.56 Å². The summed E-state index contributed by atoms with van der Waals surface area (Å²) in [4.78, 5) is 4.79. The van der Waals surface area contributed by atoms with Crippen LogP contribution in [-0.2, 0) is 21.7 Å². The smallest absolute Gasteiger partial charge is 0.252 e. The van der Waals surface area contributed by atoms with E-state index in [-0.39, 0.29) is 28.4 Å². The molecule has 0 saturated heterocycles. The molecule has 0 spiro atoms. The first-order valence-corrected chi connectivity index (χ1v) is 21.8. The molecule has 0 fully saturated rings. The van der Waals surface area contributed by atoms with E-state index < -0.39 is 6.85 Å². The Bertz CT molecular complexity index is 3020.